The molecule has 2 unspecified atom stereocenters. The van der Waals surface area contributed by atoms with Gasteiger partial charge in [-0.1, -0.05) is 33.6 Å². The highest BCUT2D eigenvalue weighted by Gasteiger charge is 2.25. The van der Waals surface area contributed by atoms with Crippen LogP contribution in [0.15, 0.2) is 0 Å². The Labute approximate surface area is 134 Å². The first kappa shape index (κ1) is 20.2. The van der Waals surface area contributed by atoms with Crippen molar-refractivity contribution in [3.05, 3.63) is 0 Å². The summed E-state index contributed by atoms with van der Waals surface area (Å²) in [5.41, 5.74) is 5.34. The normalized spacial score (nSPS) is 22.1. The molecule has 124 valence electrons. The second-order valence-electron chi connectivity index (χ2n) is 6.71. The van der Waals surface area contributed by atoms with Gasteiger partial charge in [-0.05, 0) is 25.3 Å². The molecule has 1 rings (SSSR count). The largest absolute Gasteiger partial charge is 0.355 e. The van der Waals surface area contributed by atoms with Gasteiger partial charge in [0.2, 0.25) is 11.8 Å². The summed E-state index contributed by atoms with van der Waals surface area (Å²) >= 11 is 0. The van der Waals surface area contributed by atoms with Crippen LogP contribution in [0.5, 0.6) is 0 Å². The zero-order chi connectivity index (χ0) is 15.2. The molecule has 4 N–H and O–H groups in total. The van der Waals surface area contributed by atoms with Crippen molar-refractivity contribution in [1.82, 2.24) is 10.6 Å². The first-order valence-corrected chi connectivity index (χ1v) is 7.62. The van der Waals surface area contributed by atoms with Crippen molar-refractivity contribution in [3.8, 4) is 0 Å². The molecule has 1 aliphatic rings. The summed E-state index contributed by atoms with van der Waals surface area (Å²) in [7, 11) is 0. The SMILES string of the molecule is CC(C)(C)C(=O)NCCC(=O)NC1CCCCC1CN.Cl. The van der Waals surface area contributed by atoms with Crippen LogP contribution in [0.4, 0.5) is 0 Å². The quantitative estimate of drug-likeness (QED) is 0.719. The highest BCUT2D eigenvalue weighted by Crippen LogP contribution is 2.23. The van der Waals surface area contributed by atoms with Crippen molar-refractivity contribution in [3.63, 3.8) is 0 Å². The lowest BCUT2D eigenvalue weighted by atomic mass is 9.84. The van der Waals surface area contributed by atoms with Gasteiger partial charge in [-0.15, -0.1) is 12.4 Å². The van der Waals surface area contributed by atoms with Gasteiger partial charge in [-0.25, -0.2) is 0 Å². The van der Waals surface area contributed by atoms with Gasteiger partial charge in [-0.3, -0.25) is 9.59 Å². The molecule has 6 heteroatoms. The number of nitrogens with two attached hydrogens (primary N) is 1. The third-order valence-corrected chi connectivity index (χ3v) is 3.88. The molecule has 21 heavy (non-hydrogen) atoms. The maximum atomic E-state index is 11.9. The molecule has 2 amide bonds. The first-order chi connectivity index (χ1) is 9.34. The number of carbonyl (C=O) groups is 2. The van der Waals surface area contributed by atoms with E-state index < -0.39 is 5.41 Å². The molecule has 1 saturated carbocycles. The summed E-state index contributed by atoms with van der Waals surface area (Å²) in [6, 6.07) is 0.208. The molecular weight excluding hydrogens is 290 g/mol. The molecule has 0 aromatic carbocycles. The Balaban J connectivity index is 0.00000400. The van der Waals surface area contributed by atoms with Gasteiger partial charge in [-0.2, -0.15) is 0 Å². The molecule has 0 saturated heterocycles. The van der Waals surface area contributed by atoms with E-state index in [0.29, 0.717) is 25.4 Å². The van der Waals surface area contributed by atoms with Crippen molar-refractivity contribution in [1.29, 1.82) is 0 Å². The molecule has 0 aromatic rings. The lowest BCUT2D eigenvalue weighted by Gasteiger charge is -2.31. The molecule has 0 radical (unpaired) electrons. The van der Waals surface area contributed by atoms with Crippen molar-refractivity contribution in [2.24, 2.45) is 17.1 Å². The van der Waals surface area contributed by atoms with E-state index in [9.17, 15) is 9.59 Å². The van der Waals surface area contributed by atoms with Gasteiger partial charge in [0.25, 0.3) is 0 Å². The molecule has 0 aromatic heterocycles. The zero-order valence-electron chi connectivity index (χ0n) is 13.4. The molecule has 2 atom stereocenters. The topological polar surface area (TPSA) is 84.2 Å². The number of hydrogen-bond acceptors (Lipinski definition) is 3. The van der Waals surface area contributed by atoms with Crippen molar-refractivity contribution in [2.75, 3.05) is 13.1 Å². The predicted molar refractivity (Wildman–Crippen MR) is 87.3 cm³/mol. The molecule has 0 aliphatic heterocycles. The number of carbonyl (C=O) groups excluding carboxylic acids is 2. The average Bonchev–Trinajstić information content (AvgIpc) is 2.38. The summed E-state index contributed by atoms with van der Waals surface area (Å²) in [6.45, 7) is 6.59. The minimum atomic E-state index is -0.412. The molecule has 0 bridgehead atoms. The molecule has 1 fully saturated rings. The van der Waals surface area contributed by atoms with Gasteiger partial charge in [0.15, 0.2) is 0 Å². The molecular formula is C15H30ClN3O2. The van der Waals surface area contributed by atoms with Crippen LogP contribution in [-0.4, -0.2) is 30.9 Å². The van der Waals surface area contributed by atoms with E-state index >= 15 is 0 Å². The van der Waals surface area contributed by atoms with E-state index in [2.05, 4.69) is 10.6 Å². The Hall–Kier alpha value is -0.810. The van der Waals surface area contributed by atoms with Gasteiger partial charge >= 0.3 is 0 Å². The second kappa shape index (κ2) is 9.26. The van der Waals surface area contributed by atoms with E-state index in [-0.39, 0.29) is 30.3 Å². The molecule has 5 nitrogen and oxygen atoms in total. The summed E-state index contributed by atoms with van der Waals surface area (Å²) < 4.78 is 0. The Bertz CT molecular complexity index is 342. The van der Waals surface area contributed by atoms with Crippen molar-refractivity contribution >= 4 is 24.2 Å². The summed E-state index contributed by atoms with van der Waals surface area (Å²) in [6.07, 6.45) is 4.80. The highest BCUT2D eigenvalue weighted by molar-refractivity contribution is 5.85. The molecule has 0 heterocycles. The Morgan fingerprint density at radius 2 is 1.81 bits per heavy atom. The maximum Gasteiger partial charge on any atom is 0.225 e. The first-order valence-electron chi connectivity index (χ1n) is 7.62. The Kier molecular flexibility index (Phi) is 8.90. The van der Waals surface area contributed by atoms with Crippen LogP contribution in [0.1, 0.15) is 52.9 Å². The van der Waals surface area contributed by atoms with Crippen LogP contribution >= 0.6 is 12.4 Å². The molecule has 0 spiro atoms. The average molecular weight is 320 g/mol. The van der Waals surface area contributed by atoms with Gasteiger partial charge in [0.1, 0.15) is 0 Å². The van der Waals surface area contributed by atoms with Crippen LogP contribution in [-0.2, 0) is 9.59 Å². The standard InChI is InChI=1S/C15H29N3O2.ClH/c1-15(2,3)14(20)17-9-8-13(19)18-12-7-5-4-6-11(12)10-16;/h11-12H,4-10,16H2,1-3H3,(H,17,20)(H,18,19);1H. The van der Waals surface area contributed by atoms with Gasteiger partial charge in [0.05, 0.1) is 0 Å². The summed E-state index contributed by atoms with van der Waals surface area (Å²) in [5, 5.41) is 5.85. The predicted octanol–water partition coefficient (Wildman–Crippen LogP) is 1.59. The maximum absolute atomic E-state index is 11.9. The second-order valence-corrected chi connectivity index (χ2v) is 6.71. The molecule has 1 aliphatic carbocycles. The van der Waals surface area contributed by atoms with E-state index in [1.165, 1.54) is 6.42 Å². The van der Waals surface area contributed by atoms with Crippen LogP contribution in [0, 0.1) is 11.3 Å². The zero-order valence-corrected chi connectivity index (χ0v) is 14.2. The van der Waals surface area contributed by atoms with Crippen molar-refractivity contribution in [2.45, 2.75) is 58.9 Å². The third kappa shape index (κ3) is 7.14. The lowest BCUT2D eigenvalue weighted by molar-refractivity contribution is -0.128. The highest BCUT2D eigenvalue weighted by atomic mass is 35.5. The number of amides is 2. The fourth-order valence-corrected chi connectivity index (χ4v) is 2.51. The van der Waals surface area contributed by atoms with E-state index in [1.807, 2.05) is 20.8 Å². The van der Waals surface area contributed by atoms with Gasteiger partial charge < -0.3 is 16.4 Å². The van der Waals surface area contributed by atoms with E-state index in [0.717, 1.165) is 19.3 Å². The van der Waals surface area contributed by atoms with Crippen LogP contribution < -0.4 is 16.4 Å². The summed E-state index contributed by atoms with van der Waals surface area (Å²) in [5.74, 6) is 0.379. The minimum absolute atomic E-state index is 0. The Morgan fingerprint density at radius 3 is 2.38 bits per heavy atom. The van der Waals surface area contributed by atoms with Crippen LogP contribution in [0.25, 0.3) is 0 Å². The fourth-order valence-electron chi connectivity index (χ4n) is 2.51. The minimum Gasteiger partial charge on any atom is -0.355 e. The van der Waals surface area contributed by atoms with Gasteiger partial charge in [0, 0.05) is 24.4 Å². The number of hydrogen-bond donors (Lipinski definition) is 3. The number of nitrogens with one attached hydrogen (secondary N) is 2. The van der Waals surface area contributed by atoms with E-state index in [1.54, 1.807) is 0 Å². The third-order valence-electron chi connectivity index (χ3n) is 3.88. The number of halogens is 1. The smallest absolute Gasteiger partial charge is 0.225 e. The van der Waals surface area contributed by atoms with Crippen LogP contribution in [0.2, 0.25) is 0 Å². The summed E-state index contributed by atoms with van der Waals surface area (Å²) in [4.78, 5) is 23.6. The van der Waals surface area contributed by atoms with Crippen LogP contribution in [0.3, 0.4) is 0 Å². The van der Waals surface area contributed by atoms with E-state index in [4.69, 9.17) is 5.73 Å². The van der Waals surface area contributed by atoms with Crippen molar-refractivity contribution < 1.29 is 9.59 Å². The monoisotopic (exact) mass is 319 g/mol. The fraction of sp³-hybridized carbons (Fsp3) is 0.867. The number of rotatable bonds is 5. The lowest BCUT2D eigenvalue weighted by Crippen LogP contribution is -2.45. The Morgan fingerprint density at radius 1 is 1.19 bits per heavy atom.